The minimum atomic E-state index is -0.129. The first kappa shape index (κ1) is 17.1. The summed E-state index contributed by atoms with van der Waals surface area (Å²) in [5, 5.41) is 1.24. The van der Waals surface area contributed by atoms with Gasteiger partial charge in [-0.05, 0) is 35.4 Å². The van der Waals surface area contributed by atoms with Crippen LogP contribution in [0, 0.1) is 0 Å². The second kappa shape index (κ2) is 7.02. The topological polar surface area (TPSA) is 16.2 Å². The van der Waals surface area contributed by atoms with Crippen molar-refractivity contribution in [3.63, 3.8) is 0 Å². The average Bonchev–Trinajstić information content (AvgIpc) is 2.63. The molecule has 126 valence electrons. The Bertz CT molecular complexity index is 935. The zero-order valence-corrected chi connectivity index (χ0v) is 15.4. The van der Waals surface area contributed by atoms with Gasteiger partial charge in [0.2, 0.25) is 5.52 Å². The molecule has 2 heteroatoms. The SMILES string of the molecule is CN=C(/C=C/c1ccc2c(ccc[n+]2C)c1)C(C)(C)c1ccccc1. The van der Waals surface area contributed by atoms with E-state index in [0.717, 1.165) is 5.71 Å². The Kier molecular flexibility index (Phi) is 4.80. The fourth-order valence-electron chi connectivity index (χ4n) is 3.23. The minimum Gasteiger partial charge on any atom is -0.292 e. The third kappa shape index (κ3) is 3.53. The summed E-state index contributed by atoms with van der Waals surface area (Å²) >= 11 is 0. The van der Waals surface area contributed by atoms with Crippen molar-refractivity contribution in [3.05, 3.63) is 84.1 Å². The van der Waals surface area contributed by atoms with Crippen LogP contribution in [0.25, 0.3) is 17.0 Å². The molecule has 0 amide bonds. The van der Waals surface area contributed by atoms with Crippen LogP contribution in [0.1, 0.15) is 25.0 Å². The lowest BCUT2D eigenvalue weighted by Crippen LogP contribution is -2.27. The lowest BCUT2D eigenvalue weighted by Gasteiger charge is -2.25. The number of benzene rings is 2. The van der Waals surface area contributed by atoms with E-state index in [1.807, 2.05) is 13.1 Å². The molecule has 1 aromatic heterocycles. The fourth-order valence-corrected chi connectivity index (χ4v) is 3.23. The molecule has 0 saturated carbocycles. The average molecular weight is 329 g/mol. The molecule has 3 aromatic rings. The summed E-state index contributed by atoms with van der Waals surface area (Å²) in [6.45, 7) is 4.44. The molecular weight excluding hydrogens is 304 g/mol. The quantitative estimate of drug-likeness (QED) is 0.486. The van der Waals surface area contributed by atoms with E-state index in [1.165, 1.54) is 22.0 Å². The van der Waals surface area contributed by atoms with E-state index in [1.54, 1.807) is 0 Å². The van der Waals surface area contributed by atoms with Gasteiger partial charge in [-0.1, -0.05) is 50.3 Å². The molecule has 2 aromatic carbocycles. The summed E-state index contributed by atoms with van der Waals surface area (Å²) in [6, 6.07) is 21.3. The van der Waals surface area contributed by atoms with Crippen molar-refractivity contribution >= 4 is 22.7 Å². The van der Waals surface area contributed by atoms with Gasteiger partial charge in [-0.25, -0.2) is 4.57 Å². The molecule has 25 heavy (non-hydrogen) atoms. The van der Waals surface area contributed by atoms with Crippen LogP contribution in [0.15, 0.2) is 77.9 Å². The van der Waals surface area contributed by atoms with E-state index in [4.69, 9.17) is 0 Å². The van der Waals surface area contributed by atoms with E-state index >= 15 is 0 Å². The molecule has 0 fully saturated rings. The van der Waals surface area contributed by atoms with E-state index < -0.39 is 0 Å². The summed E-state index contributed by atoms with van der Waals surface area (Å²) in [7, 11) is 3.94. The number of aromatic nitrogens is 1. The van der Waals surface area contributed by atoms with Gasteiger partial charge in [0.1, 0.15) is 7.05 Å². The van der Waals surface area contributed by atoms with Gasteiger partial charge in [-0.15, -0.1) is 0 Å². The Morgan fingerprint density at radius 3 is 2.48 bits per heavy atom. The van der Waals surface area contributed by atoms with Crippen LogP contribution in [0.4, 0.5) is 0 Å². The molecule has 0 N–H and O–H groups in total. The fraction of sp³-hybridized carbons (Fsp3) is 0.217. The molecule has 0 saturated heterocycles. The number of nitrogens with zero attached hydrogens (tertiary/aromatic N) is 2. The van der Waals surface area contributed by atoms with E-state index in [9.17, 15) is 0 Å². The first-order valence-electron chi connectivity index (χ1n) is 8.61. The monoisotopic (exact) mass is 329 g/mol. The van der Waals surface area contributed by atoms with Crippen LogP contribution in [0.2, 0.25) is 0 Å². The summed E-state index contributed by atoms with van der Waals surface area (Å²) in [5.74, 6) is 0. The van der Waals surface area contributed by atoms with E-state index in [0.29, 0.717) is 0 Å². The predicted molar refractivity (Wildman–Crippen MR) is 107 cm³/mol. The van der Waals surface area contributed by atoms with Crippen LogP contribution in [0.3, 0.4) is 0 Å². The zero-order chi connectivity index (χ0) is 17.9. The maximum absolute atomic E-state index is 4.55. The Morgan fingerprint density at radius 1 is 1.00 bits per heavy atom. The second-order valence-electron chi connectivity index (χ2n) is 6.87. The molecule has 0 radical (unpaired) electrons. The number of aryl methyl sites for hydroxylation is 1. The van der Waals surface area contributed by atoms with Gasteiger partial charge in [-0.3, -0.25) is 4.99 Å². The maximum atomic E-state index is 4.55. The summed E-state index contributed by atoms with van der Waals surface area (Å²) < 4.78 is 2.14. The Labute approximate surface area is 150 Å². The van der Waals surface area contributed by atoms with Crippen molar-refractivity contribution in [1.29, 1.82) is 0 Å². The number of pyridine rings is 1. The number of allylic oxidation sites excluding steroid dienone is 1. The lowest BCUT2D eigenvalue weighted by atomic mass is 9.79. The van der Waals surface area contributed by atoms with Gasteiger partial charge in [0.05, 0.1) is 0 Å². The predicted octanol–water partition coefficient (Wildman–Crippen LogP) is 4.73. The lowest BCUT2D eigenvalue weighted by molar-refractivity contribution is -0.644. The highest BCUT2D eigenvalue weighted by Gasteiger charge is 2.24. The molecule has 0 aliphatic rings. The number of hydrogen-bond donors (Lipinski definition) is 0. The standard InChI is InChI=1S/C23H25N2/c1-23(2,20-10-6-5-7-11-20)22(24-3)15-13-18-12-14-21-19(17-18)9-8-16-25(21)4/h5-17H,1-4H3/q+1/b15-13+,24-22?. The van der Waals surface area contributed by atoms with Crippen LogP contribution in [0.5, 0.6) is 0 Å². The molecule has 0 unspecified atom stereocenters. The zero-order valence-electron chi connectivity index (χ0n) is 15.4. The third-order valence-corrected chi connectivity index (χ3v) is 4.83. The van der Waals surface area contributed by atoms with Crippen molar-refractivity contribution in [2.24, 2.45) is 12.0 Å². The third-order valence-electron chi connectivity index (χ3n) is 4.83. The summed E-state index contributed by atoms with van der Waals surface area (Å²) in [6.07, 6.45) is 6.36. The van der Waals surface area contributed by atoms with Crippen LogP contribution < -0.4 is 4.57 Å². The highest BCUT2D eigenvalue weighted by atomic mass is 14.9. The number of aliphatic imine (C=N–C) groups is 1. The van der Waals surface area contributed by atoms with Gasteiger partial charge < -0.3 is 0 Å². The van der Waals surface area contributed by atoms with Crippen molar-refractivity contribution in [2.75, 3.05) is 7.05 Å². The summed E-state index contributed by atoms with van der Waals surface area (Å²) in [5.41, 5.74) is 4.62. The molecule has 2 nitrogen and oxygen atoms in total. The Morgan fingerprint density at radius 2 is 1.76 bits per heavy atom. The van der Waals surface area contributed by atoms with Gasteiger partial charge in [0.15, 0.2) is 6.20 Å². The Balaban J connectivity index is 1.92. The van der Waals surface area contributed by atoms with Gasteiger partial charge in [0.25, 0.3) is 0 Å². The highest BCUT2D eigenvalue weighted by molar-refractivity contribution is 6.05. The molecule has 1 heterocycles. The van der Waals surface area contributed by atoms with Crippen molar-refractivity contribution in [2.45, 2.75) is 19.3 Å². The van der Waals surface area contributed by atoms with Gasteiger partial charge in [0, 0.05) is 35.7 Å². The smallest absolute Gasteiger partial charge is 0.212 e. The molecule has 3 rings (SSSR count). The minimum absolute atomic E-state index is 0.129. The van der Waals surface area contributed by atoms with Gasteiger partial charge >= 0.3 is 0 Å². The molecular formula is C23H25N2+. The summed E-state index contributed by atoms with van der Waals surface area (Å²) in [4.78, 5) is 4.55. The van der Waals surface area contributed by atoms with Crippen LogP contribution in [-0.2, 0) is 12.5 Å². The van der Waals surface area contributed by atoms with E-state index in [-0.39, 0.29) is 5.41 Å². The number of fused-ring (bicyclic) bond motifs is 1. The first-order valence-corrected chi connectivity index (χ1v) is 8.61. The van der Waals surface area contributed by atoms with Crippen molar-refractivity contribution < 1.29 is 4.57 Å². The normalized spacial score (nSPS) is 12.9. The van der Waals surface area contributed by atoms with Gasteiger partial charge in [-0.2, -0.15) is 0 Å². The van der Waals surface area contributed by atoms with Crippen molar-refractivity contribution in [1.82, 2.24) is 0 Å². The maximum Gasteiger partial charge on any atom is 0.212 e. The number of hydrogen-bond acceptors (Lipinski definition) is 1. The second-order valence-corrected chi connectivity index (χ2v) is 6.87. The molecule has 0 bridgehead atoms. The van der Waals surface area contributed by atoms with E-state index in [2.05, 4.69) is 103 Å². The molecule has 0 atom stereocenters. The molecule has 0 aliphatic heterocycles. The van der Waals surface area contributed by atoms with Crippen LogP contribution >= 0.6 is 0 Å². The first-order chi connectivity index (χ1) is 12.0. The molecule has 0 aliphatic carbocycles. The number of rotatable bonds is 4. The van der Waals surface area contributed by atoms with Crippen molar-refractivity contribution in [3.8, 4) is 0 Å². The molecule has 0 spiro atoms. The Hall–Kier alpha value is -2.74. The largest absolute Gasteiger partial charge is 0.292 e. The van der Waals surface area contributed by atoms with Crippen LogP contribution in [-0.4, -0.2) is 12.8 Å². The highest BCUT2D eigenvalue weighted by Crippen LogP contribution is 2.26.